The van der Waals surface area contributed by atoms with E-state index in [1.807, 2.05) is 24.3 Å². The highest BCUT2D eigenvalue weighted by atomic mass is 16.5. The number of ether oxygens (including phenoxy) is 1. The van der Waals surface area contributed by atoms with Crippen LogP contribution in [0.2, 0.25) is 0 Å². The van der Waals surface area contributed by atoms with Crippen molar-refractivity contribution in [2.75, 3.05) is 6.61 Å². The summed E-state index contributed by atoms with van der Waals surface area (Å²) in [6, 6.07) is -0.731. The summed E-state index contributed by atoms with van der Waals surface area (Å²) >= 11 is 0. The number of nitrogens with one attached hydrogen (secondary N) is 1. The minimum absolute atomic E-state index is 0.0226. The Hall–Kier alpha value is -3.48. The van der Waals surface area contributed by atoms with E-state index in [-0.39, 0.29) is 24.9 Å². The first kappa shape index (κ1) is 61.5. The van der Waals surface area contributed by atoms with Crippen LogP contribution in [0, 0.1) is 0 Å². The van der Waals surface area contributed by atoms with Gasteiger partial charge in [0.2, 0.25) is 5.91 Å². The molecule has 0 aromatic rings. The Bertz CT molecular complexity index is 1330. The van der Waals surface area contributed by atoms with E-state index in [9.17, 15) is 19.8 Å². The second-order valence-corrected chi connectivity index (χ2v) is 17.7. The van der Waals surface area contributed by atoms with Crippen LogP contribution in [0.3, 0.4) is 0 Å². The molecule has 0 aromatic carbocycles. The van der Waals surface area contributed by atoms with Gasteiger partial charge in [0.25, 0.3) is 0 Å². The predicted molar refractivity (Wildman–Crippen MR) is 282 cm³/mol. The fraction of sp³-hybridized carbons (Fsp3) is 0.661. The number of esters is 1. The van der Waals surface area contributed by atoms with Gasteiger partial charge in [0.15, 0.2) is 0 Å². The average molecular weight is 902 g/mol. The Morgan fingerprint density at radius 3 is 1.45 bits per heavy atom. The third-order valence-corrected chi connectivity index (χ3v) is 11.4. The molecule has 1 amide bonds. The molecule has 0 saturated heterocycles. The Labute approximate surface area is 400 Å². The third-order valence-electron chi connectivity index (χ3n) is 11.4. The summed E-state index contributed by atoms with van der Waals surface area (Å²) in [5.74, 6) is -0.565. The predicted octanol–water partition coefficient (Wildman–Crippen LogP) is 16.3. The van der Waals surface area contributed by atoms with Gasteiger partial charge < -0.3 is 20.3 Å². The average Bonchev–Trinajstić information content (AvgIpc) is 3.30. The summed E-state index contributed by atoms with van der Waals surface area (Å²) in [6.07, 6.45) is 70.0. The SMILES string of the molecule is CCC/C=C/C=C/C=C/C=C/C=C/CCCCCCCC(=O)OC(CCC/C=C\C/C=C\C/C=C\C/C=C\CCCCC)CC(=O)NC(CO)C(O)CCCCCCCCCCCCC. The van der Waals surface area contributed by atoms with Crippen LogP contribution in [0.5, 0.6) is 0 Å². The maximum absolute atomic E-state index is 13.2. The van der Waals surface area contributed by atoms with Crippen LogP contribution in [-0.2, 0) is 14.3 Å². The largest absolute Gasteiger partial charge is 0.462 e. The van der Waals surface area contributed by atoms with Crippen molar-refractivity contribution in [1.29, 1.82) is 0 Å². The number of amides is 1. The van der Waals surface area contributed by atoms with E-state index in [0.717, 1.165) is 96.3 Å². The molecule has 0 radical (unpaired) electrons. The lowest BCUT2D eigenvalue weighted by molar-refractivity contribution is -0.151. The van der Waals surface area contributed by atoms with Crippen molar-refractivity contribution in [3.05, 3.63) is 109 Å². The lowest BCUT2D eigenvalue weighted by Gasteiger charge is -2.24. The minimum Gasteiger partial charge on any atom is -0.462 e. The van der Waals surface area contributed by atoms with Crippen molar-refractivity contribution in [3.8, 4) is 0 Å². The van der Waals surface area contributed by atoms with Crippen molar-refractivity contribution >= 4 is 11.9 Å². The third kappa shape index (κ3) is 46.8. The van der Waals surface area contributed by atoms with Crippen LogP contribution in [0.25, 0.3) is 0 Å². The number of carbonyl (C=O) groups excluding carboxylic acids is 2. The highest BCUT2D eigenvalue weighted by Gasteiger charge is 2.24. The van der Waals surface area contributed by atoms with E-state index in [0.29, 0.717) is 19.3 Å². The molecule has 0 rings (SSSR count). The van der Waals surface area contributed by atoms with Crippen LogP contribution in [0.1, 0.15) is 226 Å². The van der Waals surface area contributed by atoms with Gasteiger partial charge in [-0.15, -0.1) is 0 Å². The molecule has 0 aliphatic heterocycles. The molecule has 3 unspecified atom stereocenters. The van der Waals surface area contributed by atoms with Crippen molar-refractivity contribution in [1.82, 2.24) is 5.32 Å². The van der Waals surface area contributed by atoms with Gasteiger partial charge in [-0.25, -0.2) is 0 Å². The Morgan fingerprint density at radius 2 is 0.892 bits per heavy atom. The van der Waals surface area contributed by atoms with E-state index in [1.165, 1.54) is 83.5 Å². The summed E-state index contributed by atoms with van der Waals surface area (Å²) in [7, 11) is 0. The van der Waals surface area contributed by atoms with Gasteiger partial charge in [0.1, 0.15) is 6.10 Å². The van der Waals surface area contributed by atoms with E-state index < -0.39 is 18.2 Å². The fourth-order valence-electron chi connectivity index (χ4n) is 7.39. The Morgan fingerprint density at radius 1 is 0.462 bits per heavy atom. The van der Waals surface area contributed by atoms with Crippen molar-refractivity contribution < 1.29 is 24.5 Å². The number of hydrogen-bond acceptors (Lipinski definition) is 5. The van der Waals surface area contributed by atoms with E-state index in [2.05, 4.69) is 111 Å². The molecule has 0 spiro atoms. The van der Waals surface area contributed by atoms with Crippen molar-refractivity contribution in [2.45, 2.75) is 244 Å². The van der Waals surface area contributed by atoms with Crippen molar-refractivity contribution in [3.63, 3.8) is 0 Å². The molecule has 6 heteroatoms. The molecule has 65 heavy (non-hydrogen) atoms. The quantitative estimate of drug-likeness (QED) is 0.0245. The molecular weight excluding hydrogens is 803 g/mol. The van der Waals surface area contributed by atoms with Crippen molar-refractivity contribution in [2.24, 2.45) is 0 Å². The lowest BCUT2D eigenvalue weighted by atomic mass is 10.0. The molecule has 0 aliphatic carbocycles. The number of hydrogen-bond donors (Lipinski definition) is 3. The molecule has 0 aliphatic rings. The highest BCUT2D eigenvalue weighted by Crippen LogP contribution is 2.16. The van der Waals surface area contributed by atoms with Crippen LogP contribution in [0.15, 0.2) is 109 Å². The number of allylic oxidation sites excluding steroid dienone is 18. The summed E-state index contributed by atoms with van der Waals surface area (Å²) < 4.78 is 5.91. The minimum atomic E-state index is -0.813. The zero-order valence-corrected chi connectivity index (χ0v) is 42.1. The second-order valence-electron chi connectivity index (χ2n) is 17.7. The number of unbranched alkanes of at least 4 members (excludes halogenated alkanes) is 20. The first-order valence-corrected chi connectivity index (χ1v) is 26.7. The standard InChI is InChI=1S/C59H99NO5/c1-4-7-10-13-16-19-22-24-26-28-30-32-34-37-40-43-46-49-52-59(64)65-55(50-47-44-41-38-36-33-31-29-27-25-23-20-17-14-11-8-5-2)53-58(63)60-56(54-61)57(62)51-48-45-42-39-35-21-18-15-12-9-6-3/h10,13,16-17,19-20,22,24-28,30-33,38,41,55-57,61-62H,4-9,11-12,14-15,18,21,23,29,34-37,39-40,42-54H2,1-3H3,(H,60,63)/b13-10+,19-16+,20-17-,24-22+,27-25-,28-26+,32-30+,33-31-,41-38-. The van der Waals surface area contributed by atoms with Gasteiger partial charge in [0.05, 0.1) is 25.2 Å². The van der Waals surface area contributed by atoms with E-state index >= 15 is 0 Å². The normalized spacial score (nSPS) is 14.1. The van der Waals surface area contributed by atoms with Crippen LogP contribution in [0.4, 0.5) is 0 Å². The number of carbonyl (C=O) groups is 2. The zero-order chi connectivity index (χ0) is 47.4. The first-order chi connectivity index (χ1) is 32.0. The first-order valence-electron chi connectivity index (χ1n) is 26.7. The highest BCUT2D eigenvalue weighted by molar-refractivity contribution is 5.77. The molecule has 3 N–H and O–H groups in total. The summed E-state index contributed by atoms with van der Waals surface area (Å²) in [5.41, 5.74) is 0. The molecule has 0 fully saturated rings. The maximum atomic E-state index is 13.2. The van der Waals surface area contributed by atoms with Gasteiger partial charge >= 0.3 is 5.97 Å². The van der Waals surface area contributed by atoms with Crippen LogP contribution < -0.4 is 5.32 Å². The summed E-state index contributed by atoms with van der Waals surface area (Å²) in [4.78, 5) is 26.2. The van der Waals surface area contributed by atoms with Crippen LogP contribution >= 0.6 is 0 Å². The smallest absolute Gasteiger partial charge is 0.306 e. The second kappa shape index (κ2) is 51.5. The molecule has 0 bridgehead atoms. The van der Waals surface area contributed by atoms with E-state index in [4.69, 9.17) is 4.74 Å². The fourth-order valence-corrected chi connectivity index (χ4v) is 7.39. The monoisotopic (exact) mass is 902 g/mol. The summed E-state index contributed by atoms with van der Waals surface area (Å²) in [6.45, 7) is 6.33. The Balaban J connectivity index is 4.77. The number of aliphatic hydroxyl groups excluding tert-OH is 2. The number of aliphatic hydroxyl groups is 2. The molecule has 0 heterocycles. The topological polar surface area (TPSA) is 95.9 Å². The molecule has 0 saturated carbocycles. The lowest BCUT2D eigenvalue weighted by Crippen LogP contribution is -2.46. The van der Waals surface area contributed by atoms with Gasteiger partial charge in [0, 0.05) is 6.42 Å². The molecule has 370 valence electrons. The maximum Gasteiger partial charge on any atom is 0.306 e. The zero-order valence-electron chi connectivity index (χ0n) is 42.1. The van der Waals surface area contributed by atoms with Gasteiger partial charge in [-0.3, -0.25) is 9.59 Å². The summed E-state index contributed by atoms with van der Waals surface area (Å²) in [5, 5.41) is 23.7. The molecular formula is C59H99NO5. The van der Waals surface area contributed by atoms with E-state index in [1.54, 1.807) is 0 Å². The van der Waals surface area contributed by atoms with Gasteiger partial charge in [-0.2, -0.15) is 0 Å². The number of rotatable bonds is 46. The molecule has 6 nitrogen and oxygen atoms in total. The molecule has 0 aromatic heterocycles. The molecule has 3 atom stereocenters. The Kier molecular flexibility index (Phi) is 48.7. The van der Waals surface area contributed by atoms with Gasteiger partial charge in [-0.1, -0.05) is 239 Å². The van der Waals surface area contributed by atoms with Crippen LogP contribution in [-0.4, -0.2) is 46.9 Å². The van der Waals surface area contributed by atoms with Gasteiger partial charge in [-0.05, 0) is 83.5 Å².